The molecule has 0 aliphatic heterocycles. The number of hydrogen-bond acceptors (Lipinski definition) is 2. The third-order valence-corrected chi connectivity index (χ3v) is 10.6. The Kier molecular flexibility index (Phi) is 28.8. The van der Waals surface area contributed by atoms with Crippen LogP contribution in [0.25, 0.3) is 10.8 Å². The number of hydrogen-bond donors (Lipinski definition) is 2. The summed E-state index contributed by atoms with van der Waals surface area (Å²) in [5.41, 5.74) is 2.52. The minimum absolute atomic E-state index is 1.09. The van der Waals surface area contributed by atoms with E-state index in [1.165, 1.54) is 228 Å². The molecule has 0 aliphatic carbocycles. The van der Waals surface area contributed by atoms with E-state index in [4.69, 9.17) is 0 Å². The van der Waals surface area contributed by atoms with Gasteiger partial charge in [-0.3, -0.25) is 0 Å². The van der Waals surface area contributed by atoms with Crippen LogP contribution in [-0.2, 0) is 0 Å². The Hall–Kier alpha value is -1.70. The summed E-state index contributed by atoms with van der Waals surface area (Å²) in [6.07, 6.45) is 45.6. The van der Waals surface area contributed by atoms with Crippen molar-refractivity contribution in [1.29, 1.82) is 0 Å². The molecule has 0 heterocycles. The Balaban J connectivity index is 1.38. The molecule has 0 fully saturated rings. The SMILES string of the molecule is CCCCCCCCCCCCCCCCCCNc1ccc2cc(NCCCCCCCCCCCCCCCCCC)ccc2c1. The third-order valence-electron chi connectivity index (χ3n) is 10.6. The molecule has 0 saturated heterocycles. The van der Waals surface area contributed by atoms with E-state index < -0.39 is 0 Å². The van der Waals surface area contributed by atoms with Gasteiger partial charge in [0.1, 0.15) is 0 Å². The molecule has 0 aromatic heterocycles. The van der Waals surface area contributed by atoms with Gasteiger partial charge in [0.05, 0.1) is 0 Å². The van der Waals surface area contributed by atoms with Crippen LogP contribution in [0.4, 0.5) is 11.4 Å². The number of anilines is 2. The fraction of sp³-hybridized carbons (Fsp3) is 0.783. The van der Waals surface area contributed by atoms with Gasteiger partial charge in [0.15, 0.2) is 0 Å². The van der Waals surface area contributed by atoms with E-state index in [1.807, 2.05) is 0 Å². The lowest BCUT2D eigenvalue weighted by molar-refractivity contribution is 0.530. The zero-order chi connectivity index (χ0) is 34.0. The quantitative estimate of drug-likeness (QED) is 0.0710. The summed E-state index contributed by atoms with van der Waals surface area (Å²) in [6, 6.07) is 13.7. The van der Waals surface area contributed by atoms with Gasteiger partial charge in [-0.05, 0) is 47.9 Å². The van der Waals surface area contributed by atoms with E-state index in [2.05, 4.69) is 60.9 Å². The summed E-state index contributed by atoms with van der Waals surface area (Å²) in [7, 11) is 0. The molecule has 48 heavy (non-hydrogen) atoms. The van der Waals surface area contributed by atoms with Crippen LogP contribution < -0.4 is 10.6 Å². The molecule has 2 N–H and O–H groups in total. The van der Waals surface area contributed by atoms with Gasteiger partial charge in [-0.2, -0.15) is 0 Å². The molecule has 0 unspecified atom stereocenters. The van der Waals surface area contributed by atoms with Crippen molar-refractivity contribution < 1.29 is 0 Å². The van der Waals surface area contributed by atoms with Crippen molar-refractivity contribution in [3.8, 4) is 0 Å². The van der Waals surface area contributed by atoms with Gasteiger partial charge in [0.25, 0.3) is 0 Å². The third kappa shape index (κ3) is 24.4. The predicted octanol–water partition coefficient (Wildman–Crippen LogP) is 16.2. The highest BCUT2D eigenvalue weighted by Gasteiger charge is 2.01. The van der Waals surface area contributed by atoms with Crippen molar-refractivity contribution in [3.05, 3.63) is 36.4 Å². The highest BCUT2D eigenvalue weighted by atomic mass is 14.9. The van der Waals surface area contributed by atoms with Crippen LogP contribution >= 0.6 is 0 Å². The molecule has 0 spiro atoms. The molecule has 2 aromatic rings. The van der Waals surface area contributed by atoms with Crippen LogP contribution in [0.1, 0.15) is 219 Å². The normalized spacial score (nSPS) is 11.5. The number of unbranched alkanes of at least 4 members (excludes halogenated alkanes) is 30. The first kappa shape index (κ1) is 42.5. The Morgan fingerprint density at radius 1 is 0.292 bits per heavy atom. The largest absolute Gasteiger partial charge is 0.385 e. The minimum Gasteiger partial charge on any atom is -0.385 e. The van der Waals surface area contributed by atoms with Crippen molar-refractivity contribution in [1.82, 2.24) is 0 Å². The summed E-state index contributed by atoms with van der Waals surface area (Å²) in [5.74, 6) is 0. The zero-order valence-electron chi connectivity index (χ0n) is 32.5. The average molecular weight is 663 g/mol. The van der Waals surface area contributed by atoms with Gasteiger partial charge in [0, 0.05) is 24.5 Å². The molecule has 0 aliphatic rings. The van der Waals surface area contributed by atoms with E-state index in [1.54, 1.807) is 0 Å². The molecule has 0 radical (unpaired) electrons. The second-order valence-corrected chi connectivity index (χ2v) is 15.2. The predicted molar refractivity (Wildman–Crippen MR) is 220 cm³/mol. The molecular formula is C46H82N2. The number of nitrogens with one attached hydrogen (secondary N) is 2. The summed E-state index contributed by atoms with van der Waals surface area (Å²) in [6.45, 7) is 6.78. The van der Waals surface area contributed by atoms with E-state index in [0.29, 0.717) is 0 Å². The monoisotopic (exact) mass is 663 g/mol. The van der Waals surface area contributed by atoms with Crippen LogP contribution in [0.5, 0.6) is 0 Å². The first-order chi connectivity index (χ1) is 23.8. The van der Waals surface area contributed by atoms with Crippen molar-refractivity contribution >= 4 is 22.1 Å². The summed E-state index contributed by atoms with van der Waals surface area (Å²) < 4.78 is 0. The van der Waals surface area contributed by atoms with Crippen LogP contribution in [0.15, 0.2) is 36.4 Å². The van der Waals surface area contributed by atoms with E-state index >= 15 is 0 Å². The van der Waals surface area contributed by atoms with Gasteiger partial charge >= 0.3 is 0 Å². The van der Waals surface area contributed by atoms with Gasteiger partial charge in [0.2, 0.25) is 0 Å². The molecule has 0 atom stereocenters. The molecule has 0 saturated carbocycles. The van der Waals surface area contributed by atoms with Gasteiger partial charge < -0.3 is 10.6 Å². The van der Waals surface area contributed by atoms with Crippen molar-refractivity contribution in [2.75, 3.05) is 23.7 Å². The van der Waals surface area contributed by atoms with Crippen LogP contribution in [0.2, 0.25) is 0 Å². The Morgan fingerprint density at radius 3 is 0.771 bits per heavy atom. The Bertz CT molecular complexity index is 875. The topological polar surface area (TPSA) is 24.1 Å². The van der Waals surface area contributed by atoms with Crippen LogP contribution in [0, 0.1) is 0 Å². The smallest absolute Gasteiger partial charge is 0.0346 e. The molecule has 0 bridgehead atoms. The van der Waals surface area contributed by atoms with Crippen molar-refractivity contribution in [2.24, 2.45) is 0 Å². The zero-order valence-corrected chi connectivity index (χ0v) is 32.5. The first-order valence-electron chi connectivity index (χ1n) is 21.8. The van der Waals surface area contributed by atoms with E-state index in [0.717, 1.165) is 13.1 Å². The van der Waals surface area contributed by atoms with Crippen molar-refractivity contribution in [2.45, 2.75) is 219 Å². The lowest BCUT2D eigenvalue weighted by atomic mass is 10.0. The molecule has 2 aromatic carbocycles. The Labute approximate surface area is 300 Å². The molecule has 2 nitrogen and oxygen atoms in total. The highest BCUT2D eigenvalue weighted by Crippen LogP contribution is 2.23. The number of benzene rings is 2. The molecular weight excluding hydrogens is 581 g/mol. The first-order valence-corrected chi connectivity index (χ1v) is 21.8. The molecule has 276 valence electrons. The number of fused-ring (bicyclic) bond motifs is 1. The maximum absolute atomic E-state index is 3.67. The lowest BCUT2D eigenvalue weighted by Gasteiger charge is -2.10. The summed E-state index contributed by atoms with van der Waals surface area (Å²) in [5, 5.41) is 10.0. The maximum Gasteiger partial charge on any atom is 0.0346 e. The Morgan fingerprint density at radius 2 is 0.521 bits per heavy atom. The second-order valence-electron chi connectivity index (χ2n) is 15.2. The standard InChI is InChI=1S/C46H82N2/c1-3-5-7-9-11-13-15-17-19-21-23-25-27-29-31-33-39-47-45-37-35-44-42-46(38-36-43(44)41-45)48-40-34-32-30-28-26-24-22-20-18-16-14-12-10-8-6-4-2/h35-38,41-42,47-48H,3-34,39-40H2,1-2H3. The fourth-order valence-electron chi connectivity index (χ4n) is 7.28. The van der Waals surface area contributed by atoms with Crippen LogP contribution in [0.3, 0.4) is 0 Å². The van der Waals surface area contributed by atoms with E-state index in [9.17, 15) is 0 Å². The van der Waals surface area contributed by atoms with Gasteiger partial charge in [-0.1, -0.05) is 219 Å². The molecule has 0 amide bonds. The highest BCUT2D eigenvalue weighted by molar-refractivity contribution is 5.88. The minimum atomic E-state index is 1.09. The summed E-state index contributed by atoms with van der Waals surface area (Å²) >= 11 is 0. The molecule has 2 rings (SSSR count). The van der Waals surface area contributed by atoms with E-state index in [-0.39, 0.29) is 0 Å². The maximum atomic E-state index is 3.67. The van der Waals surface area contributed by atoms with Crippen LogP contribution in [-0.4, -0.2) is 13.1 Å². The van der Waals surface area contributed by atoms with Crippen molar-refractivity contribution in [3.63, 3.8) is 0 Å². The second kappa shape index (κ2) is 32.5. The lowest BCUT2D eigenvalue weighted by Crippen LogP contribution is -2.02. The van der Waals surface area contributed by atoms with Gasteiger partial charge in [-0.15, -0.1) is 0 Å². The average Bonchev–Trinajstić information content (AvgIpc) is 3.11. The number of rotatable bonds is 36. The fourth-order valence-corrected chi connectivity index (χ4v) is 7.28. The summed E-state index contributed by atoms with van der Waals surface area (Å²) in [4.78, 5) is 0. The van der Waals surface area contributed by atoms with Gasteiger partial charge in [-0.25, -0.2) is 0 Å². The molecule has 2 heteroatoms.